The molecular formula is C90H126NO13+. The van der Waals surface area contributed by atoms with Crippen LogP contribution in [0.3, 0.4) is 0 Å². The second kappa shape index (κ2) is 36.4. The highest BCUT2D eigenvalue weighted by molar-refractivity contribution is 5.38. The van der Waals surface area contributed by atoms with Crippen LogP contribution in [0.25, 0.3) is 0 Å². The normalized spacial score (nSPS) is 25.4. The van der Waals surface area contributed by atoms with Crippen LogP contribution < -0.4 is 18.9 Å². The smallest absolute Gasteiger partial charge is 0.119 e. The average Bonchev–Trinajstić information content (AvgIpc) is 1.69. The summed E-state index contributed by atoms with van der Waals surface area (Å²) in [5.41, 5.74) is 7.61. The molecule has 0 saturated carbocycles. The number of unbranched alkanes of at least 4 members (excludes halogenated alkanes) is 9. The third-order valence-corrected chi connectivity index (χ3v) is 24.7. The molecule has 0 aliphatic carbocycles. The van der Waals surface area contributed by atoms with Crippen LogP contribution in [0.1, 0.15) is 228 Å². The van der Waals surface area contributed by atoms with Gasteiger partial charge < -0.3 is 66.1 Å². The molecule has 0 spiro atoms. The summed E-state index contributed by atoms with van der Waals surface area (Å²) in [6, 6.07) is 45.5. The topological polar surface area (TPSA) is 150 Å². The number of quaternary nitrogens is 1. The van der Waals surface area contributed by atoms with Crippen molar-refractivity contribution in [3.05, 3.63) is 155 Å². The van der Waals surface area contributed by atoms with Gasteiger partial charge in [0.25, 0.3) is 0 Å². The maximum absolute atomic E-state index is 6.78. The Labute approximate surface area is 623 Å². The molecule has 14 rings (SSSR count). The molecule has 0 N–H and O–H groups in total. The molecule has 0 aromatic heterocycles. The third kappa shape index (κ3) is 23.2. The lowest BCUT2D eigenvalue weighted by atomic mass is 9.70. The summed E-state index contributed by atoms with van der Waals surface area (Å²) in [7, 11) is 0. The number of ether oxygens (including phenoxy) is 13. The monoisotopic (exact) mass is 1430 g/mol. The van der Waals surface area contributed by atoms with Gasteiger partial charge in [0.05, 0.1) is 154 Å². The lowest BCUT2D eigenvalue weighted by Gasteiger charge is -2.39. The van der Waals surface area contributed by atoms with E-state index in [1.807, 2.05) is 0 Å². The maximum atomic E-state index is 6.78. The number of epoxide rings is 9. The Morgan fingerprint density at radius 2 is 0.519 bits per heavy atom. The number of benzene rings is 5. The van der Waals surface area contributed by atoms with Gasteiger partial charge in [-0.15, -0.1) is 0 Å². The van der Waals surface area contributed by atoms with Crippen molar-refractivity contribution in [2.75, 3.05) is 98.9 Å². The molecule has 9 atom stereocenters. The van der Waals surface area contributed by atoms with Crippen molar-refractivity contribution in [1.82, 2.24) is 0 Å². The summed E-state index contributed by atoms with van der Waals surface area (Å²) in [6.07, 6.45) is 32.9. The first-order valence-electron chi connectivity index (χ1n) is 41.5. The van der Waals surface area contributed by atoms with Gasteiger partial charge in [-0.3, -0.25) is 0 Å². The first-order chi connectivity index (χ1) is 51.1. The van der Waals surface area contributed by atoms with Crippen molar-refractivity contribution in [2.45, 2.75) is 284 Å². The molecule has 9 heterocycles. The minimum absolute atomic E-state index is 0.0448. The maximum Gasteiger partial charge on any atom is 0.119 e. The van der Waals surface area contributed by atoms with Gasteiger partial charge >= 0.3 is 0 Å². The van der Waals surface area contributed by atoms with E-state index < -0.39 is 0 Å². The second-order valence-electron chi connectivity index (χ2n) is 33.5. The van der Waals surface area contributed by atoms with E-state index in [-0.39, 0.29) is 21.7 Å². The van der Waals surface area contributed by atoms with E-state index in [1.165, 1.54) is 135 Å². The van der Waals surface area contributed by atoms with Crippen LogP contribution in [-0.2, 0) is 77.4 Å². The Balaban J connectivity index is 0.689. The predicted octanol–water partition coefficient (Wildman–Crippen LogP) is 18.0. The van der Waals surface area contributed by atoms with Crippen molar-refractivity contribution in [3.8, 4) is 23.0 Å². The third-order valence-electron chi connectivity index (χ3n) is 24.7. The highest BCUT2D eigenvalue weighted by Crippen LogP contribution is 2.50. The average molecular weight is 1430 g/mol. The summed E-state index contributed by atoms with van der Waals surface area (Å²) in [5.74, 6) is 3.58. The minimum atomic E-state index is -0.224. The Hall–Kier alpha value is -5.10. The Morgan fingerprint density at radius 1 is 0.279 bits per heavy atom. The largest absolute Gasteiger partial charge is 0.494 e. The van der Waals surface area contributed by atoms with Crippen LogP contribution >= 0.6 is 0 Å². The second-order valence-corrected chi connectivity index (χ2v) is 33.5. The molecule has 9 unspecified atom stereocenters. The minimum Gasteiger partial charge on any atom is -0.494 e. The lowest BCUT2D eigenvalue weighted by molar-refractivity contribution is -0.941. The Morgan fingerprint density at radius 3 is 0.769 bits per heavy atom. The number of hydrogen-bond acceptors (Lipinski definition) is 13. The number of rotatable bonds is 57. The van der Waals surface area contributed by atoms with Crippen molar-refractivity contribution in [1.29, 1.82) is 0 Å². The fraction of sp³-hybridized carbons (Fsp3) is 0.667. The molecule has 0 radical (unpaired) electrons. The van der Waals surface area contributed by atoms with Gasteiger partial charge in [0.2, 0.25) is 0 Å². The molecule has 14 heteroatoms. The molecular weight excluding hydrogens is 1300 g/mol. The first kappa shape index (κ1) is 75.7. The van der Waals surface area contributed by atoms with Crippen LogP contribution in [0.4, 0.5) is 0 Å². The zero-order valence-corrected chi connectivity index (χ0v) is 63.6. The molecule has 14 nitrogen and oxygen atoms in total. The van der Waals surface area contributed by atoms with Gasteiger partial charge in [-0.25, -0.2) is 0 Å². The highest BCUT2D eigenvalue weighted by atomic mass is 16.6. The molecule has 9 saturated heterocycles. The summed E-state index contributed by atoms with van der Waals surface area (Å²) in [4.78, 5) is 0. The highest BCUT2D eigenvalue weighted by Gasteiger charge is 2.50. The van der Waals surface area contributed by atoms with E-state index in [0.29, 0.717) is 81.4 Å². The van der Waals surface area contributed by atoms with Gasteiger partial charge in [-0.1, -0.05) is 132 Å². The first-order valence-corrected chi connectivity index (χ1v) is 41.5. The summed E-state index contributed by atoms with van der Waals surface area (Å²) >= 11 is 0. The van der Waals surface area contributed by atoms with Crippen molar-refractivity contribution in [2.24, 2.45) is 0 Å². The van der Waals surface area contributed by atoms with Crippen LogP contribution in [0.5, 0.6) is 23.0 Å². The van der Waals surface area contributed by atoms with E-state index in [2.05, 4.69) is 142 Å². The summed E-state index contributed by atoms with van der Waals surface area (Å²) in [6.45, 7) is 21.8. The summed E-state index contributed by atoms with van der Waals surface area (Å²) < 4.78 is 81.1. The molecule has 0 amide bonds. The van der Waals surface area contributed by atoms with E-state index in [9.17, 15) is 0 Å². The fourth-order valence-electron chi connectivity index (χ4n) is 18.1. The van der Waals surface area contributed by atoms with Gasteiger partial charge in [0.1, 0.15) is 36.1 Å². The van der Waals surface area contributed by atoms with E-state index in [1.54, 1.807) is 0 Å². The van der Waals surface area contributed by atoms with Crippen molar-refractivity contribution in [3.63, 3.8) is 0 Å². The van der Waals surface area contributed by atoms with Crippen molar-refractivity contribution < 1.29 is 66.1 Å². The van der Waals surface area contributed by atoms with Crippen LogP contribution in [0.2, 0.25) is 0 Å². The standard InChI is InChI=1S/C90H126NO13/c1-4-7-10-13-42-91(43-14-11-8-5-2,44-15-12-9-6-3)57-68-19-21-69(22-20-68)58-95-77-37-23-70(24-38-77)87(39-16-45-92-74-31-25-71(26-32-74)88(48-78-59-96-78,49-79-60-97-79)50-80-61-98-80,40-17-46-93-75-33-27-72(28-34-75)89(51-81-62-99-81,52-82-63-100-82)53-83-64-101-83)41-18-47-94-76-35-29-73(30-36-76)90(54-84-65-102-84,55-85-66-103-85)56-86-67-104-86/h19-38,78-86H,4-18,39-67H2,1-3H3/q+1. The van der Waals surface area contributed by atoms with Crippen LogP contribution in [0, 0.1) is 0 Å². The van der Waals surface area contributed by atoms with Crippen LogP contribution in [-0.4, -0.2) is 158 Å². The Kier molecular flexibility index (Phi) is 26.5. The fourth-order valence-corrected chi connectivity index (χ4v) is 18.1. The lowest BCUT2D eigenvalue weighted by Crippen LogP contribution is -2.49. The van der Waals surface area contributed by atoms with Gasteiger partial charge in [0, 0.05) is 21.8 Å². The summed E-state index contributed by atoms with van der Waals surface area (Å²) in [5, 5.41) is 0. The number of hydrogen-bond donors (Lipinski definition) is 0. The molecule has 568 valence electrons. The Bertz CT molecular complexity index is 2940. The molecule has 9 fully saturated rings. The molecule has 9 aliphatic heterocycles. The molecule has 104 heavy (non-hydrogen) atoms. The van der Waals surface area contributed by atoms with E-state index >= 15 is 0 Å². The SMILES string of the molecule is CCCCCC[N+](CCCCCC)(CCCCCC)Cc1ccc(COc2ccc(C(CCCOc3ccc(C(CC4CO4)(CC4CO4)CC4CO4)cc3)(CCCOc3ccc(C(CC4CO4)(CC4CO4)CC4CO4)cc3)CCCOc3ccc(C(CC4CO4)(CC4CO4)CC4CO4)cc3)cc2)cc1. The van der Waals surface area contributed by atoms with Crippen LogP contribution in [0.15, 0.2) is 121 Å². The van der Waals surface area contributed by atoms with Gasteiger partial charge in [-0.2, -0.15) is 0 Å². The van der Waals surface area contributed by atoms with Gasteiger partial charge in [-0.05, 0) is 217 Å². The van der Waals surface area contributed by atoms with E-state index in [0.717, 1.165) is 185 Å². The number of nitrogens with zero attached hydrogens (tertiary/aromatic N) is 1. The van der Waals surface area contributed by atoms with E-state index in [4.69, 9.17) is 61.6 Å². The molecule has 0 bridgehead atoms. The van der Waals surface area contributed by atoms with Crippen molar-refractivity contribution >= 4 is 0 Å². The molecule has 5 aromatic carbocycles. The predicted molar refractivity (Wildman–Crippen MR) is 408 cm³/mol. The quantitative estimate of drug-likeness (QED) is 0.0207. The zero-order chi connectivity index (χ0) is 70.9. The zero-order valence-electron chi connectivity index (χ0n) is 63.6. The molecule has 5 aromatic rings. The molecule has 9 aliphatic rings. The van der Waals surface area contributed by atoms with Gasteiger partial charge in [0.15, 0.2) is 0 Å².